The Morgan fingerprint density at radius 2 is 2.55 bits per heavy atom. The molecule has 0 radical (unpaired) electrons. The second-order valence-electron chi connectivity index (χ2n) is 2.10. The molecule has 0 fully saturated rings. The van der Waals surface area contributed by atoms with E-state index in [2.05, 4.69) is 11.9 Å². The molecule has 3 heteroatoms. The van der Waals surface area contributed by atoms with E-state index in [1.54, 1.807) is 17.4 Å². The van der Waals surface area contributed by atoms with E-state index in [1.807, 2.05) is 12.3 Å². The Morgan fingerprint density at radius 1 is 1.73 bits per heavy atom. The summed E-state index contributed by atoms with van der Waals surface area (Å²) in [5, 5.41) is 9.45. The van der Waals surface area contributed by atoms with Crippen LogP contribution in [0.2, 0.25) is 0 Å². The molecule has 0 amide bonds. The monoisotopic (exact) mass is 169 g/mol. The normalized spacial score (nSPS) is 11.1. The van der Waals surface area contributed by atoms with E-state index in [0.717, 1.165) is 11.4 Å². The van der Waals surface area contributed by atoms with Crippen LogP contribution in [0.5, 0.6) is 0 Å². The minimum atomic E-state index is 0.0844. The van der Waals surface area contributed by atoms with Crippen LogP contribution >= 0.6 is 11.3 Å². The van der Waals surface area contributed by atoms with Gasteiger partial charge in [-0.1, -0.05) is 13.0 Å². The van der Waals surface area contributed by atoms with Crippen LogP contribution < -0.4 is 0 Å². The minimum absolute atomic E-state index is 0.0844. The molecular formula is C8H11NOS. The maximum atomic E-state index is 8.48. The summed E-state index contributed by atoms with van der Waals surface area (Å²) in [6, 6.07) is 0. The third-order valence-corrected chi connectivity index (χ3v) is 2.39. The lowest BCUT2D eigenvalue weighted by atomic mass is 10.4. The molecule has 1 aromatic heterocycles. The number of aromatic nitrogens is 1. The van der Waals surface area contributed by atoms with Gasteiger partial charge in [0.2, 0.25) is 0 Å². The summed E-state index contributed by atoms with van der Waals surface area (Å²) in [5.74, 6) is 0. The quantitative estimate of drug-likeness (QED) is 0.747. The molecule has 0 aliphatic rings. The summed E-state index contributed by atoms with van der Waals surface area (Å²) < 4.78 is 0. The summed E-state index contributed by atoms with van der Waals surface area (Å²) in [7, 11) is 0. The van der Waals surface area contributed by atoms with Gasteiger partial charge in [-0.05, 0) is 12.5 Å². The number of nitrogens with zero attached hydrogens (tertiary/aromatic N) is 1. The second-order valence-corrected chi connectivity index (χ2v) is 3.25. The van der Waals surface area contributed by atoms with Gasteiger partial charge >= 0.3 is 0 Å². The lowest BCUT2D eigenvalue weighted by Crippen LogP contribution is -1.70. The van der Waals surface area contributed by atoms with E-state index in [4.69, 9.17) is 5.11 Å². The number of hydrogen-bond acceptors (Lipinski definition) is 3. The Morgan fingerprint density at radius 3 is 3.09 bits per heavy atom. The first-order valence-electron chi connectivity index (χ1n) is 3.59. The SMILES string of the molecule is CCc1cnc(/C=C/CO)s1. The Kier molecular flexibility index (Phi) is 3.26. The molecule has 0 spiro atoms. The van der Waals surface area contributed by atoms with Crippen LogP contribution in [0.25, 0.3) is 6.08 Å². The molecule has 1 rings (SSSR count). The highest BCUT2D eigenvalue weighted by atomic mass is 32.1. The van der Waals surface area contributed by atoms with Gasteiger partial charge < -0.3 is 5.11 Å². The largest absolute Gasteiger partial charge is 0.392 e. The van der Waals surface area contributed by atoms with Crippen molar-refractivity contribution in [3.05, 3.63) is 22.2 Å². The number of aliphatic hydroxyl groups excluding tert-OH is 1. The first-order valence-corrected chi connectivity index (χ1v) is 4.40. The standard InChI is InChI=1S/C8H11NOS/c1-2-7-6-9-8(11-7)4-3-5-10/h3-4,6,10H,2,5H2,1H3/b4-3+. The zero-order chi connectivity index (χ0) is 8.10. The zero-order valence-electron chi connectivity index (χ0n) is 6.45. The fourth-order valence-electron chi connectivity index (χ4n) is 0.717. The van der Waals surface area contributed by atoms with E-state index in [9.17, 15) is 0 Å². The Balaban J connectivity index is 2.65. The fraction of sp³-hybridized carbons (Fsp3) is 0.375. The molecule has 0 bridgehead atoms. The van der Waals surface area contributed by atoms with Crippen molar-refractivity contribution in [3.63, 3.8) is 0 Å². The van der Waals surface area contributed by atoms with Gasteiger partial charge in [-0.2, -0.15) is 0 Å². The van der Waals surface area contributed by atoms with Gasteiger partial charge in [-0.15, -0.1) is 11.3 Å². The van der Waals surface area contributed by atoms with E-state index in [-0.39, 0.29) is 6.61 Å². The van der Waals surface area contributed by atoms with Crippen LogP contribution in [0.1, 0.15) is 16.8 Å². The Hall–Kier alpha value is -0.670. The van der Waals surface area contributed by atoms with Gasteiger partial charge in [0.1, 0.15) is 5.01 Å². The zero-order valence-corrected chi connectivity index (χ0v) is 7.27. The summed E-state index contributed by atoms with van der Waals surface area (Å²) >= 11 is 1.66. The number of aliphatic hydroxyl groups is 1. The molecule has 11 heavy (non-hydrogen) atoms. The van der Waals surface area contributed by atoms with Crippen molar-refractivity contribution in [2.75, 3.05) is 6.61 Å². The molecule has 1 aromatic rings. The molecule has 2 nitrogen and oxygen atoms in total. The maximum absolute atomic E-state index is 8.48. The van der Waals surface area contributed by atoms with Gasteiger partial charge in [-0.3, -0.25) is 0 Å². The highest BCUT2D eigenvalue weighted by Crippen LogP contribution is 2.14. The van der Waals surface area contributed by atoms with Crippen LogP contribution in [0.15, 0.2) is 12.3 Å². The smallest absolute Gasteiger partial charge is 0.116 e. The first-order chi connectivity index (χ1) is 5.36. The highest BCUT2D eigenvalue weighted by molar-refractivity contribution is 7.12. The number of rotatable bonds is 3. The molecular weight excluding hydrogens is 158 g/mol. The molecule has 60 valence electrons. The van der Waals surface area contributed by atoms with Crippen molar-refractivity contribution >= 4 is 17.4 Å². The van der Waals surface area contributed by atoms with E-state index >= 15 is 0 Å². The van der Waals surface area contributed by atoms with Gasteiger partial charge in [0, 0.05) is 11.1 Å². The molecule has 0 saturated carbocycles. The summed E-state index contributed by atoms with van der Waals surface area (Å²) in [5.41, 5.74) is 0. The molecule has 0 saturated heterocycles. The Bertz CT molecular complexity index is 242. The van der Waals surface area contributed by atoms with Crippen molar-refractivity contribution in [1.82, 2.24) is 4.98 Å². The van der Waals surface area contributed by atoms with Crippen molar-refractivity contribution in [1.29, 1.82) is 0 Å². The van der Waals surface area contributed by atoms with Crippen LogP contribution in [0.4, 0.5) is 0 Å². The van der Waals surface area contributed by atoms with Crippen molar-refractivity contribution in [2.24, 2.45) is 0 Å². The highest BCUT2D eigenvalue weighted by Gasteiger charge is 1.94. The molecule has 1 heterocycles. The molecule has 0 aliphatic heterocycles. The van der Waals surface area contributed by atoms with Crippen LogP contribution in [0, 0.1) is 0 Å². The number of hydrogen-bond donors (Lipinski definition) is 1. The maximum Gasteiger partial charge on any atom is 0.116 e. The van der Waals surface area contributed by atoms with Crippen molar-refractivity contribution in [3.8, 4) is 0 Å². The van der Waals surface area contributed by atoms with Crippen LogP contribution in [-0.2, 0) is 6.42 Å². The average Bonchev–Trinajstić information content (AvgIpc) is 2.48. The van der Waals surface area contributed by atoms with Crippen LogP contribution in [0.3, 0.4) is 0 Å². The summed E-state index contributed by atoms with van der Waals surface area (Å²) in [6.45, 7) is 2.19. The molecule has 0 atom stereocenters. The predicted octanol–water partition coefficient (Wildman–Crippen LogP) is 1.71. The third kappa shape index (κ3) is 2.44. The van der Waals surface area contributed by atoms with Gasteiger partial charge in [0.15, 0.2) is 0 Å². The topological polar surface area (TPSA) is 33.1 Å². The van der Waals surface area contributed by atoms with E-state index < -0.39 is 0 Å². The van der Waals surface area contributed by atoms with Crippen molar-refractivity contribution < 1.29 is 5.11 Å². The Labute approximate surface area is 70.2 Å². The molecule has 0 aromatic carbocycles. The number of thiazole rings is 1. The lowest BCUT2D eigenvalue weighted by molar-refractivity contribution is 0.343. The molecule has 1 N–H and O–H groups in total. The summed E-state index contributed by atoms with van der Waals surface area (Å²) in [4.78, 5) is 5.43. The third-order valence-electron chi connectivity index (χ3n) is 1.29. The second kappa shape index (κ2) is 4.26. The molecule has 0 aliphatic carbocycles. The van der Waals surface area contributed by atoms with Crippen LogP contribution in [-0.4, -0.2) is 16.7 Å². The lowest BCUT2D eigenvalue weighted by Gasteiger charge is -1.81. The average molecular weight is 169 g/mol. The minimum Gasteiger partial charge on any atom is -0.392 e. The predicted molar refractivity (Wildman–Crippen MR) is 47.6 cm³/mol. The fourth-order valence-corrected chi connectivity index (χ4v) is 1.50. The summed E-state index contributed by atoms with van der Waals surface area (Å²) in [6.07, 6.45) is 6.44. The van der Waals surface area contributed by atoms with E-state index in [0.29, 0.717) is 0 Å². The first kappa shape index (κ1) is 8.43. The van der Waals surface area contributed by atoms with Gasteiger partial charge in [0.25, 0.3) is 0 Å². The van der Waals surface area contributed by atoms with Crippen molar-refractivity contribution in [2.45, 2.75) is 13.3 Å². The van der Waals surface area contributed by atoms with E-state index in [1.165, 1.54) is 4.88 Å². The molecule has 0 unspecified atom stereocenters. The number of aryl methyl sites for hydroxylation is 1. The van der Waals surface area contributed by atoms with Gasteiger partial charge in [-0.25, -0.2) is 4.98 Å². The van der Waals surface area contributed by atoms with Gasteiger partial charge in [0.05, 0.1) is 6.61 Å².